The first-order valence-corrected chi connectivity index (χ1v) is 12.1. The van der Waals surface area contributed by atoms with Crippen molar-refractivity contribution in [2.75, 3.05) is 21.3 Å². The number of ether oxygens (including phenoxy) is 3. The summed E-state index contributed by atoms with van der Waals surface area (Å²) < 4.78 is 15.8. The molecule has 0 spiro atoms. The van der Waals surface area contributed by atoms with Crippen molar-refractivity contribution in [3.05, 3.63) is 107 Å². The SMILES string of the molecule is COc1ccc(/C=C/C(=O)C(CC=Cc2ccccc2)C(=O)/C=C/c2ccc(OC)c(OC)c2)cc1CO. The topological polar surface area (TPSA) is 82.1 Å². The minimum Gasteiger partial charge on any atom is -0.496 e. The van der Waals surface area contributed by atoms with Crippen molar-refractivity contribution in [3.8, 4) is 17.2 Å². The fraction of sp³-hybridized carbons (Fsp3) is 0.188. The van der Waals surface area contributed by atoms with Crippen LogP contribution in [0.15, 0.2) is 85.0 Å². The number of hydrogen-bond donors (Lipinski definition) is 1. The van der Waals surface area contributed by atoms with Gasteiger partial charge in [0.1, 0.15) is 5.75 Å². The third-order valence-electron chi connectivity index (χ3n) is 5.93. The van der Waals surface area contributed by atoms with Crippen LogP contribution >= 0.6 is 0 Å². The average molecular weight is 513 g/mol. The molecule has 0 aromatic heterocycles. The predicted molar refractivity (Wildman–Crippen MR) is 150 cm³/mol. The van der Waals surface area contributed by atoms with Gasteiger partial charge >= 0.3 is 0 Å². The van der Waals surface area contributed by atoms with Gasteiger partial charge in [-0.3, -0.25) is 9.59 Å². The normalized spacial score (nSPS) is 12.2. The highest BCUT2D eigenvalue weighted by atomic mass is 16.5. The highest BCUT2D eigenvalue weighted by Gasteiger charge is 2.21. The second-order valence-electron chi connectivity index (χ2n) is 8.42. The van der Waals surface area contributed by atoms with Crippen LogP contribution in [0.1, 0.15) is 28.7 Å². The van der Waals surface area contributed by atoms with Gasteiger partial charge < -0.3 is 19.3 Å². The molecule has 3 rings (SSSR count). The fourth-order valence-corrected chi connectivity index (χ4v) is 3.85. The molecular formula is C32H32O6. The smallest absolute Gasteiger partial charge is 0.166 e. The minimum atomic E-state index is -0.891. The first kappa shape index (κ1) is 28.2. The number of carbonyl (C=O) groups excluding carboxylic acids is 2. The van der Waals surface area contributed by atoms with E-state index in [2.05, 4.69) is 0 Å². The summed E-state index contributed by atoms with van der Waals surface area (Å²) in [6, 6.07) is 20.3. The summed E-state index contributed by atoms with van der Waals surface area (Å²) in [7, 11) is 4.63. The van der Waals surface area contributed by atoms with Crippen molar-refractivity contribution in [2.24, 2.45) is 5.92 Å². The Kier molecular flexibility index (Phi) is 10.6. The van der Waals surface area contributed by atoms with E-state index < -0.39 is 5.92 Å². The molecule has 1 N–H and O–H groups in total. The van der Waals surface area contributed by atoms with Crippen LogP contribution in [0.3, 0.4) is 0 Å². The molecular weight excluding hydrogens is 480 g/mol. The van der Waals surface area contributed by atoms with Crippen molar-refractivity contribution in [1.29, 1.82) is 0 Å². The van der Waals surface area contributed by atoms with E-state index in [0.717, 1.165) is 16.7 Å². The van der Waals surface area contributed by atoms with Gasteiger partial charge in [0.2, 0.25) is 0 Å². The molecule has 38 heavy (non-hydrogen) atoms. The van der Waals surface area contributed by atoms with Crippen LogP contribution in [0, 0.1) is 5.92 Å². The van der Waals surface area contributed by atoms with E-state index in [9.17, 15) is 14.7 Å². The number of aliphatic hydroxyl groups is 1. The number of methoxy groups -OCH3 is 3. The summed E-state index contributed by atoms with van der Waals surface area (Å²) >= 11 is 0. The van der Waals surface area contributed by atoms with Crippen molar-refractivity contribution in [1.82, 2.24) is 0 Å². The Hall–Kier alpha value is -4.42. The molecule has 0 aliphatic carbocycles. The number of aliphatic hydroxyl groups excluding tert-OH is 1. The first-order valence-electron chi connectivity index (χ1n) is 12.1. The molecule has 0 saturated carbocycles. The molecule has 1 unspecified atom stereocenters. The molecule has 0 aliphatic heterocycles. The van der Waals surface area contributed by atoms with E-state index >= 15 is 0 Å². The van der Waals surface area contributed by atoms with Gasteiger partial charge in [0.05, 0.1) is 33.9 Å². The highest BCUT2D eigenvalue weighted by Crippen LogP contribution is 2.28. The summed E-state index contributed by atoms with van der Waals surface area (Å²) in [6.07, 6.45) is 10.1. The number of ketones is 2. The Balaban J connectivity index is 1.82. The minimum absolute atomic E-state index is 0.189. The lowest BCUT2D eigenvalue weighted by Crippen LogP contribution is -2.20. The van der Waals surface area contributed by atoms with E-state index in [0.29, 0.717) is 22.8 Å². The van der Waals surface area contributed by atoms with Crippen molar-refractivity contribution in [2.45, 2.75) is 13.0 Å². The maximum absolute atomic E-state index is 13.2. The number of benzene rings is 3. The monoisotopic (exact) mass is 512 g/mol. The van der Waals surface area contributed by atoms with E-state index in [1.165, 1.54) is 19.3 Å². The molecule has 0 radical (unpaired) electrons. The van der Waals surface area contributed by atoms with Gasteiger partial charge in [-0.1, -0.05) is 66.8 Å². The number of hydrogen-bond acceptors (Lipinski definition) is 6. The second kappa shape index (κ2) is 14.4. The Labute approximate surface area is 223 Å². The second-order valence-corrected chi connectivity index (χ2v) is 8.42. The standard InChI is InChI=1S/C32H32O6/c1-36-30-18-14-24(20-26(30)22-33)12-16-28(34)27(11-7-10-23-8-5-4-6-9-23)29(35)17-13-25-15-19-31(37-2)32(21-25)38-3/h4-10,12-21,27,33H,11,22H2,1-3H3/b10-7?,16-12+,17-13+. The van der Waals surface area contributed by atoms with E-state index in [4.69, 9.17) is 14.2 Å². The van der Waals surface area contributed by atoms with Crippen LogP contribution < -0.4 is 14.2 Å². The summed E-state index contributed by atoms with van der Waals surface area (Å²) in [5, 5.41) is 9.57. The summed E-state index contributed by atoms with van der Waals surface area (Å²) in [5.41, 5.74) is 3.05. The fourth-order valence-electron chi connectivity index (χ4n) is 3.85. The molecule has 0 heterocycles. The van der Waals surface area contributed by atoms with Crippen LogP contribution in [-0.2, 0) is 16.2 Å². The lowest BCUT2D eigenvalue weighted by atomic mass is 9.93. The molecule has 6 heteroatoms. The maximum atomic E-state index is 13.2. The largest absolute Gasteiger partial charge is 0.496 e. The van der Waals surface area contributed by atoms with Crippen molar-refractivity contribution >= 4 is 29.8 Å². The van der Waals surface area contributed by atoms with Gasteiger partial charge in [-0.2, -0.15) is 0 Å². The third-order valence-corrected chi connectivity index (χ3v) is 5.93. The van der Waals surface area contributed by atoms with Gasteiger partial charge in [-0.05, 0) is 59.5 Å². The summed E-state index contributed by atoms with van der Waals surface area (Å²) in [6.45, 7) is -0.189. The molecule has 6 nitrogen and oxygen atoms in total. The Morgan fingerprint density at radius 2 is 1.29 bits per heavy atom. The number of rotatable bonds is 13. The molecule has 1 atom stereocenters. The lowest BCUT2D eigenvalue weighted by Gasteiger charge is -2.10. The Bertz CT molecular complexity index is 1240. The van der Waals surface area contributed by atoms with Crippen molar-refractivity contribution in [3.63, 3.8) is 0 Å². The Morgan fingerprint density at radius 1 is 0.711 bits per heavy atom. The third kappa shape index (κ3) is 7.79. The molecule has 0 bridgehead atoms. The van der Waals surface area contributed by atoms with Crippen LogP contribution in [0.25, 0.3) is 18.2 Å². The molecule has 0 aliphatic rings. The highest BCUT2D eigenvalue weighted by molar-refractivity contribution is 6.13. The van der Waals surface area contributed by atoms with Crippen LogP contribution in [0.4, 0.5) is 0 Å². The van der Waals surface area contributed by atoms with Crippen LogP contribution in [0.2, 0.25) is 0 Å². The van der Waals surface area contributed by atoms with E-state index in [-0.39, 0.29) is 24.6 Å². The molecule has 3 aromatic rings. The van der Waals surface area contributed by atoms with E-state index in [1.807, 2.05) is 42.5 Å². The van der Waals surface area contributed by atoms with Gasteiger partial charge in [-0.15, -0.1) is 0 Å². The Morgan fingerprint density at radius 3 is 1.87 bits per heavy atom. The summed E-state index contributed by atoms with van der Waals surface area (Å²) in [4.78, 5) is 26.4. The molecule has 3 aromatic carbocycles. The van der Waals surface area contributed by atoms with Crippen molar-refractivity contribution < 1.29 is 28.9 Å². The number of allylic oxidation sites excluding steroid dienone is 3. The van der Waals surface area contributed by atoms with Crippen LogP contribution in [0.5, 0.6) is 17.2 Å². The molecule has 196 valence electrons. The van der Waals surface area contributed by atoms with Gasteiger partial charge in [0.15, 0.2) is 23.1 Å². The van der Waals surface area contributed by atoms with Gasteiger partial charge in [0, 0.05) is 5.56 Å². The molecule has 0 saturated heterocycles. The molecule has 0 fully saturated rings. The van der Waals surface area contributed by atoms with E-state index in [1.54, 1.807) is 62.8 Å². The van der Waals surface area contributed by atoms with Gasteiger partial charge in [-0.25, -0.2) is 0 Å². The zero-order chi connectivity index (χ0) is 27.3. The maximum Gasteiger partial charge on any atom is 0.166 e. The predicted octanol–water partition coefficient (Wildman–Crippen LogP) is 5.79. The zero-order valence-corrected chi connectivity index (χ0v) is 21.8. The zero-order valence-electron chi connectivity index (χ0n) is 21.8. The lowest BCUT2D eigenvalue weighted by molar-refractivity contribution is -0.127. The summed E-state index contributed by atoms with van der Waals surface area (Å²) in [5.74, 6) is 0.186. The molecule has 0 amide bonds. The quantitative estimate of drug-likeness (QED) is 0.231. The van der Waals surface area contributed by atoms with Gasteiger partial charge in [0.25, 0.3) is 0 Å². The average Bonchev–Trinajstić information content (AvgIpc) is 2.96. The van der Waals surface area contributed by atoms with Crippen LogP contribution in [-0.4, -0.2) is 38.0 Å². The first-order chi connectivity index (χ1) is 18.5. The number of carbonyl (C=O) groups is 2.